The highest BCUT2D eigenvalue weighted by Crippen LogP contribution is 2.42. The molecule has 3 heterocycles. The second-order valence-corrected chi connectivity index (χ2v) is 5.96. The van der Waals surface area contributed by atoms with Crippen LogP contribution in [0, 0.1) is 5.41 Å². The van der Waals surface area contributed by atoms with Gasteiger partial charge in [0.1, 0.15) is 0 Å². The van der Waals surface area contributed by atoms with Crippen molar-refractivity contribution in [3.8, 4) is 11.1 Å². The summed E-state index contributed by atoms with van der Waals surface area (Å²) in [7, 11) is 0. The van der Waals surface area contributed by atoms with Gasteiger partial charge in [-0.2, -0.15) is 5.10 Å². The number of H-pyrrole nitrogens is 1. The molecule has 2 aromatic rings. The van der Waals surface area contributed by atoms with Gasteiger partial charge in [-0.1, -0.05) is 12.1 Å². The van der Waals surface area contributed by atoms with Gasteiger partial charge in [0.25, 0.3) is 0 Å². The molecule has 2 fully saturated rings. The highest BCUT2D eigenvalue weighted by molar-refractivity contribution is 6.04. The van der Waals surface area contributed by atoms with Crippen LogP contribution in [0.5, 0.6) is 0 Å². The van der Waals surface area contributed by atoms with E-state index < -0.39 is 0 Å². The number of nitrogens with one attached hydrogen (secondary N) is 2. The van der Waals surface area contributed by atoms with Gasteiger partial charge in [-0.05, 0) is 43.6 Å². The van der Waals surface area contributed by atoms with Gasteiger partial charge in [0.05, 0.1) is 11.6 Å². The molecule has 1 aromatic carbocycles. The maximum absolute atomic E-state index is 12.5. The van der Waals surface area contributed by atoms with E-state index in [9.17, 15) is 4.79 Å². The molecular weight excluding hydrogens is 264 g/mol. The highest BCUT2D eigenvalue weighted by atomic mass is 16.2. The number of aromatic amines is 1. The Balaban J connectivity index is 1.52. The predicted octanol–water partition coefficient (Wildman–Crippen LogP) is 1.79. The number of hydrogen-bond donors (Lipinski definition) is 2. The number of β-lactam (4-membered cyclic amide) rings is 1. The molecule has 2 N–H and O–H groups in total. The third-order valence-corrected chi connectivity index (χ3v) is 4.73. The molecule has 5 heteroatoms. The lowest BCUT2D eigenvalue weighted by Crippen LogP contribution is -2.64. The summed E-state index contributed by atoms with van der Waals surface area (Å²) in [5.74, 6) is 0.292. The van der Waals surface area contributed by atoms with E-state index in [0.717, 1.165) is 49.3 Å². The number of benzene rings is 1. The monoisotopic (exact) mass is 282 g/mol. The number of piperidine rings is 1. The Morgan fingerprint density at radius 3 is 2.48 bits per heavy atom. The van der Waals surface area contributed by atoms with E-state index in [1.807, 2.05) is 35.4 Å². The van der Waals surface area contributed by atoms with Crippen LogP contribution in [0.4, 0.5) is 5.69 Å². The van der Waals surface area contributed by atoms with Crippen molar-refractivity contribution >= 4 is 11.6 Å². The van der Waals surface area contributed by atoms with E-state index in [-0.39, 0.29) is 5.41 Å². The molecule has 0 atom stereocenters. The number of hydrogen-bond acceptors (Lipinski definition) is 3. The Morgan fingerprint density at radius 2 is 1.86 bits per heavy atom. The van der Waals surface area contributed by atoms with E-state index in [1.165, 1.54) is 0 Å². The summed E-state index contributed by atoms with van der Waals surface area (Å²) in [5, 5.41) is 10.1. The van der Waals surface area contributed by atoms with Gasteiger partial charge >= 0.3 is 0 Å². The summed E-state index contributed by atoms with van der Waals surface area (Å²) < 4.78 is 0. The molecule has 0 saturated carbocycles. The van der Waals surface area contributed by atoms with Crippen LogP contribution < -0.4 is 10.2 Å². The second-order valence-electron chi connectivity index (χ2n) is 5.96. The molecule has 0 bridgehead atoms. The summed E-state index contributed by atoms with van der Waals surface area (Å²) in [4.78, 5) is 14.4. The Morgan fingerprint density at radius 1 is 1.10 bits per heavy atom. The third-order valence-electron chi connectivity index (χ3n) is 4.73. The van der Waals surface area contributed by atoms with Crippen LogP contribution in [0.1, 0.15) is 12.8 Å². The molecule has 0 radical (unpaired) electrons. The number of nitrogens with zero attached hydrogens (tertiary/aromatic N) is 2. The fourth-order valence-corrected chi connectivity index (χ4v) is 3.37. The number of anilines is 1. The quantitative estimate of drug-likeness (QED) is 0.826. The van der Waals surface area contributed by atoms with E-state index in [0.29, 0.717) is 5.91 Å². The average molecular weight is 282 g/mol. The number of aromatic nitrogens is 2. The molecule has 0 aliphatic carbocycles. The van der Waals surface area contributed by atoms with Crippen molar-refractivity contribution in [3.63, 3.8) is 0 Å². The minimum atomic E-state index is -0.0888. The summed E-state index contributed by atoms with van der Waals surface area (Å²) in [6.07, 6.45) is 5.60. The molecule has 21 heavy (non-hydrogen) atoms. The summed E-state index contributed by atoms with van der Waals surface area (Å²) in [6.45, 7) is 2.77. The molecule has 4 rings (SSSR count). The molecular formula is C16H18N4O. The van der Waals surface area contributed by atoms with Crippen molar-refractivity contribution in [1.82, 2.24) is 15.5 Å². The van der Waals surface area contributed by atoms with Crippen LogP contribution in [0.3, 0.4) is 0 Å². The Labute approximate surface area is 123 Å². The number of amides is 1. The first-order chi connectivity index (χ1) is 10.3. The highest BCUT2D eigenvalue weighted by Gasteiger charge is 2.52. The van der Waals surface area contributed by atoms with Crippen LogP contribution in [-0.4, -0.2) is 35.7 Å². The van der Waals surface area contributed by atoms with Gasteiger partial charge < -0.3 is 10.2 Å². The third kappa shape index (κ3) is 1.96. The smallest absolute Gasteiger partial charge is 0.235 e. The molecule has 2 aliphatic rings. The van der Waals surface area contributed by atoms with Crippen molar-refractivity contribution < 1.29 is 4.79 Å². The lowest BCUT2D eigenvalue weighted by Gasteiger charge is -2.50. The predicted molar refractivity (Wildman–Crippen MR) is 80.9 cm³/mol. The Hall–Kier alpha value is -2.14. The second kappa shape index (κ2) is 4.70. The molecule has 2 saturated heterocycles. The molecule has 1 aromatic heterocycles. The zero-order valence-corrected chi connectivity index (χ0v) is 11.8. The molecule has 108 valence electrons. The first kappa shape index (κ1) is 12.6. The van der Waals surface area contributed by atoms with Gasteiger partial charge in [0, 0.05) is 24.0 Å². The van der Waals surface area contributed by atoms with Crippen molar-refractivity contribution in [2.45, 2.75) is 12.8 Å². The number of rotatable bonds is 2. The van der Waals surface area contributed by atoms with Crippen molar-refractivity contribution in [2.24, 2.45) is 5.41 Å². The Kier molecular flexibility index (Phi) is 2.82. The maximum Gasteiger partial charge on any atom is 0.235 e. The molecule has 0 unspecified atom stereocenters. The van der Waals surface area contributed by atoms with Crippen LogP contribution in [0.15, 0.2) is 36.7 Å². The van der Waals surface area contributed by atoms with Crippen molar-refractivity contribution in [1.29, 1.82) is 0 Å². The lowest BCUT2D eigenvalue weighted by atomic mass is 9.71. The summed E-state index contributed by atoms with van der Waals surface area (Å²) in [6, 6.07) is 8.13. The number of carbonyl (C=O) groups excluding carboxylic acids is 1. The van der Waals surface area contributed by atoms with Crippen LogP contribution in [0.25, 0.3) is 11.1 Å². The van der Waals surface area contributed by atoms with Gasteiger partial charge in [-0.3, -0.25) is 9.89 Å². The van der Waals surface area contributed by atoms with Crippen LogP contribution >= 0.6 is 0 Å². The zero-order chi connectivity index (χ0) is 14.3. The SMILES string of the molecule is O=C1N(c2ccc(-c3cn[nH]c3)cc2)CC12CCNCC2. The largest absolute Gasteiger partial charge is 0.317 e. The molecule has 5 nitrogen and oxygen atoms in total. The standard InChI is InChI=1S/C16H18N4O/c21-15-16(5-7-17-8-6-16)11-20(15)14-3-1-12(2-4-14)13-9-18-19-10-13/h1-4,9-10,17H,5-8,11H2,(H,18,19). The number of carbonyl (C=O) groups is 1. The average Bonchev–Trinajstić information content (AvgIpc) is 3.08. The first-order valence-corrected chi connectivity index (χ1v) is 7.40. The van der Waals surface area contributed by atoms with E-state index in [4.69, 9.17) is 0 Å². The summed E-state index contributed by atoms with van der Waals surface area (Å²) in [5.41, 5.74) is 3.08. The lowest BCUT2D eigenvalue weighted by molar-refractivity contribution is -0.137. The van der Waals surface area contributed by atoms with Crippen molar-refractivity contribution in [3.05, 3.63) is 36.7 Å². The molecule has 1 spiro atoms. The molecule has 1 amide bonds. The van der Waals surface area contributed by atoms with E-state index >= 15 is 0 Å². The van der Waals surface area contributed by atoms with Crippen LogP contribution in [0.2, 0.25) is 0 Å². The summed E-state index contributed by atoms with van der Waals surface area (Å²) >= 11 is 0. The normalized spacial score (nSPS) is 20.6. The zero-order valence-electron chi connectivity index (χ0n) is 11.8. The molecule has 2 aliphatic heterocycles. The van der Waals surface area contributed by atoms with Gasteiger partial charge in [0.15, 0.2) is 0 Å². The first-order valence-electron chi connectivity index (χ1n) is 7.40. The topological polar surface area (TPSA) is 61.0 Å². The van der Waals surface area contributed by atoms with Crippen LogP contribution in [-0.2, 0) is 4.79 Å². The van der Waals surface area contributed by atoms with E-state index in [2.05, 4.69) is 15.5 Å². The minimum Gasteiger partial charge on any atom is -0.317 e. The fourth-order valence-electron chi connectivity index (χ4n) is 3.37. The van der Waals surface area contributed by atoms with E-state index in [1.54, 1.807) is 6.20 Å². The van der Waals surface area contributed by atoms with Crippen molar-refractivity contribution in [2.75, 3.05) is 24.5 Å². The minimum absolute atomic E-state index is 0.0888. The van der Waals surface area contributed by atoms with Gasteiger partial charge in [0.2, 0.25) is 5.91 Å². The Bertz CT molecular complexity index is 641. The maximum atomic E-state index is 12.5. The fraction of sp³-hybridized carbons (Fsp3) is 0.375. The van der Waals surface area contributed by atoms with Gasteiger partial charge in [-0.15, -0.1) is 0 Å². The van der Waals surface area contributed by atoms with Gasteiger partial charge in [-0.25, -0.2) is 0 Å².